The fourth-order valence-corrected chi connectivity index (χ4v) is 7.36. The molecule has 0 saturated heterocycles. The Bertz CT molecular complexity index is 1400. The van der Waals surface area contributed by atoms with E-state index in [0.717, 1.165) is 53.4 Å². The average molecular weight is 530 g/mol. The minimum Gasteiger partial charge on any atom is -0.380 e. The molecule has 0 N–H and O–H groups in total. The summed E-state index contributed by atoms with van der Waals surface area (Å²) < 4.78 is 36.5. The van der Waals surface area contributed by atoms with E-state index in [0.29, 0.717) is 30.1 Å². The minimum absolute atomic E-state index is 0.0345. The van der Waals surface area contributed by atoms with E-state index in [-0.39, 0.29) is 10.9 Å². The average Bonchev–Trinajstić information content (AvgIpc) is 3.21. The molecule has 1 heterocycles. The molecule has 1 amide bonds. The van der Waals surface area contributed by atoms with Crippen LogP contribution in [-0.4, -0.2) is 49.5 Å². The molecule has 36 heavy (non-hydrogen) atoms. The standard InChI is InChI=1S/C27H35N3O4S2/c1-5-34-16-15-30-24-18-19(2)17-20(3)25(24)35-27(30)28-26(31)21-11-13-23(14-12-21)36(32,33)29(4)22-9-7-6-8-10-22/h11-14,17-18,22H,5-10,15-16H2,1-4H3. The van der Waals surface area contributed by atoms with Crippen molar-refractivity contribution in [2.45, 2.75) is 70.4 Å². The van der Waals surface area contributed by atoms with Crippen LogP contribution in [0.1, 0.15) is 60.5 Å². The smallest absolute Gasteiger partial charge is 0.279 e. The normalized spacial score (nSPS) is 15.8. The molecular formula is C27H35N3O4S2. The summed E-state index contributed by atoms with van der Waals surface area (Å²) in [6, 6.07) is 10.4. The molecule has 3 aromatic rings. The van der Waals surface area contributed by atoms with Crippen molar-refractivity contribution in [3.63, 3.8) is 0 Å². The number of amides is 1. The van der Waals surface area contributed by atoms with Gasteiger partial charge in [-0.25, -0.2) is 8.42 Å². The summed E-state index contributed by atoms with van der Waals surface area (Å²) in [6.07, 6.45) is 5.06. The molecule has 1 saturated carbocycles. The molecular weight excluding hydrogens is 494 g/mol. The molecule has 0 radical (unpaired) electrons. The lowest BCUT2D eigenvalue weighted by Gasteiger charge is -2.30. The van der Waals surface area contributed by atoms with Gasteiger partial charge < -0.3 is 9.30 Å². The Kier molecular flexibility index (Phi) is 8.44. The van der Waals surface area contributed by atoms with Gasteiger partial charge in [-0.15, -0.1) is 0 Å². The molecule has 0 aliphatic heterocycles. The van der Waals surface area contributed by atoms with E-state index in [1.165, 1.54) is 27.8 Å². The molecule has 9 heteroatoms. The highest BCUT2D eigenvalue weighted by Crippen LogP contribution is 2.27. The van der Waals surface area contributed by atoms with Gasteiger partial charge in [0.05, 0.1) is 21.7 Å². The second-order valence-electron chi connectivity index (χ2n) is 9.42. The third-order valence-electron chi connectivity index (χ3n) is 6.84. The predicted octanol–water partition coefficient (Wildman–Crippen LogP) is 5.05. The topological polar surface area (TPSA) is 81.0 Å². The zero-order chi connectivity index (χ0) is 25.9. The quantitative estimate of drug-likeness (QED) is 0.383. The molecule has 0 unspecified atom stereocenters. The number of aryl methyl sites for hydroxylation is 2. The molecule has 1 fully saturated rings. The summed E-state index contributed by atoms with van der Waals surface area (Å²) in [6.45, 7) is 7.81. The lowest BCUT2D eigenvalue weighted by atomic mass is 9.96. The van der Waals surface area contributed by atoms with Gasteiger partial charge in [0.15, 0.2) is 4.80 Å². The van der Waals surface area contributed by atoms with Crippen LogP contribution in [0.3, 0.4) is 0 Å². The summed E-state index contributed by atoms with van der Waals surface area (Å²) in [7, 11) is -1.95. The van der Waals surface area contributed by atoms with Crippen LogP contribution >= 0.6 is 11.3 Å². The Balaban J connectivity index is 1.63. The van der Waals surface area contributed by atoms with Gasteiger partial charge in [0.2, 0.25) is 10.0 Å². The van der Waals surface area contributed by atoms with Crippen molar-refractivity contribution in [3.05, 3.63) is 57.9 Å². The largest absolute Gasteiger partial charge is 0.380 e. The number of aromatic nitrogens is 1. The van der Waals surface area contributed by atoms with E-state index in [9.17, 15) is 13.2 Å². The Labute approximate surface area is 217 Å². The Morgan fingerprint density at radius 3 is 2.50 bits per heavy atom. The number of nitrogens with zero attached hydrogens (tertiary/aromatic N) is 3. The lowest BCUT2D eigenvalue weighted by molar-refractivity contribution is 0.0996. The van der Waals surface area contributed by atoms with Crippen molar-refractivity contribution in [2.24, 2.45) is 4.99 Å². The number of hydrogen-bond acceptors (Lipinski definition) is 5. The van der Waals surface area contributed by atoms with Gasteiger partial charge in [0.25, 0.3) is 5.91 Å². The van der Waals surface area contributed by atoms with E-state index < -0.39 is 15.9 Å². The number of rotatable bonds is 8. The Morgan fingerprint density at radius 2 is 1.83 bits per heavy atom. The fourth-order valence-electron chi connectivity index (χ4n) is 4.84. The summed E-state index contributed by atoms with van der Waals surface area (Å²) in [4.78, 5) is 18.4. The van der Waals surface area contributed by atoms with Crippen LogP contribution in [0.15, 0.2) is 46.3 Å². The van der Waals surface area contributed by atoms with E-state index >= 15 is 0 Å². The zero-order valence-electron chi connectivity index (χ0n) is 21.5. The first-order chi connectivity index (χ1) is 17.2. The zero-order valence-corrected chi connectivity index (χ0v) is 23.1. The highest BCUT2D eigenvalue weighted by Gasteiger charge is 2.29. The highest BCUT2D eigenvalue weighted by molar-refractivity contribution is 7.89. The van der Waals surface area contributed by atoms with Crippen LogP contribution in [0, 0.1) is 13.8 Å². The van der Waals surface area contributed by atoms with Crippen molar-refractivity contribution in [1.82, 2.24) is 8.87 Å². The maximum absolute atomic E-state index is 13.1. The SMILES string of the molecule is CCOCCn1c(=NC(=O)c2ccc(S(=O)(=O)N(C)C3CCCCC3)cc2)sc2c(C)cc(C)cc21. The number of thiazole rings is 1. The van der Waals surface area contributed by atoms with Crippen molar-refractivity contribution in [2.75, 3.05) is 20.3 Å². The van der Waals surface area contributed by atoms with Gasteiger partial charge in [-0.1, -0.05) is 36.7 Å². The molecule has 7 nitrogen and oxygen atoms in total. The second-order valence-corrected chi connectivity index (χ2v) is 12.4. The molecule has 0 bridgehead atoms. The van der Waals surface area contributed by atoms with Gasteiger partial charge >= 0.3 is 0 Å². The van der Waals surface area contributed by atoms with E-state index in [4.69, 9.17) is 4.74 Å². The number of fused-ring (bicyclic) bond motifs is 1. The van der Waals surface area contributed by atoms with Crippen LogP contribution in [0.5, 0.6) is 0 Å². The molecule has 1 aromatic heterocycles. The van der Waals surface area contributed by atoms with Crippen LogP contribution in [0.25, 0.3) is 10.2 Å². The summed E-state index contributed by atoms with van der Waals surface area (Å²) >= 11 is 1.48. The maximum atomic E-state index is 13.1. The van der Waals surface area contributed by atoms with Crippen LogP contribution < -0.4 is 4.80 Å². The van der Waals surface area contributed by atoms with Crippen LogP contribution in [0.2, 0.25) is 0 Å². The number of carbonyl (C=O) groups is 1. The third kappa shape index (κ3) is 5.64. The summed E-state index contributed by atoms with van der Waals surface area (Å²) in [5.74, 6) is -0.398. The molecule has 1 aliphatic carbocycles. The fraction of sp³-hybridized carbons (Fsp3) is 0.481. The molecule has 4 rings (SSSR count). The number of carbonyl (C=O) groups excluding carboxylic acids is 1. The number of benzene rings is 2. The second kappa shape index (κ2) is 11.4. The van der Waals surface area contributed by atoms with E-state index in [2.05, 4.69) is 31.0 Å². The monoisotopic (exact) mass is 529 g/mol. The molecule has 0 atom stereocenters. The van der Waals surface area contributed by atoms with Gasteiger partial charge in [-0.3, -0.25) is 4.79 Å². The van der Waals surface area contributed by atoms with E-state index in [1.807, 2.05) is 11.5 Å². The molecule has 194 valence electrons. The van der Waals surface area contributed by atoms with Gasteiger partial charge in [0.1, 0.15) is 0 Å². The van der Waals surface area contributed by atoms with Crippen molar-refractivity contribution < 1.29 is 17.9 Å². The summed E-state index contributed by atoms with van der Waals surface area (Å²) in [5, 5.41) is 0. The third-order valence-corrected chi connectivity index (χ3v) is 10.00. The van der Waals surface area contributed by atoms with Gasteiger partial charge in [-0.05, 0) is 75.1 Å². The van der Waals surface area contributed by atoms with Crippen LogP contribution in [-0.2, 0) is 21.3 Å². The number of ether oxygens (including phenoxy) is 1. The maximum Gasteiger partial charge on any atom is 0.279 e. The first kappa shape index (κ1) is 26.7. The van der Waals surface area contributed by atoms with Crippen molar-refractivity contribution in [1.29, 1.82) is 0 Å². The lowest BCUT2D eigenvalue weighted by Crippen LogP contribution is -2.38. The first-order valence-electron chi connectivity index (χ1n) is 12.6. The van der Waals surface area contributed by atoms with E-state index in [1.54, 1.807) is 19.2 Å². The van der Waals surface area contributed by atoms with Crippen molar-refractivity contribution >= 4 is 37.5 Å². The molecule has 2 aromatic carbocycles. The van der Waals surface area contributed by atoms with Gasteiger partial charge in [0, 0.05) is 31.8 Å². The minimum atomic E-state index is -3.61. The Hall–Kier alpha value is -2.33. The number of hydrogen-bond donors (Lipinski definition) is 0. The highest BCUT2D eigenvalue weighted by atomic mass is 32.2. The van der Waals surface area contributed by atoms with Crippen LogP contribution in [0.4, 0.5) is 0 Å². The summed E-state index contributed by atoms with van der Waals surface area (Å²) in [5.41, 5.74) is 3.69. The molecule has 0 spiro atoms. The number of sulfonamides is 1. The first-order valence-corrected chi connectivity index (χ1v) is 14.8. The molecule has 1 aliphatic rings. The predicted molar refractivity (Wildman–Crippen MR) is 144 cm³/mol. The van der Waals surface area contributed by atoms with Gasteiger partial charge in [-0.2, -0.15) is 9.30 Å². The Morgan fingerprint density at radius 1 is 1.14 bits per heavy atom. The van der Waals surface area contributed by atoms with Crippen molar-refractivity contribution in [3.8, 4) is 0 Å².